The van der Waals surface area contributed by atoms with Crippen molar-refractivity contribution in [3.05, 3.63) is 103 Å². The van der Waals surface area contributed by atoms with E-state index in [0.29, 0.717) is 11.3 Å². The molecule has 0 radical (unpaired) electrons. The lowest BCUT2D eigenvalue weighted by atomic mass is 10.1. The zero-order chi connectivity index (χ0) is 24.8. The van der Waals surface area contributed by atoms with E-state index in [0.717, 1.165) is 29.3 Å². The third-order valence-corrected chi connectivity index (χ3v) is 4.74. The molecular formula is C24H18N4O6. The monoisotopic (exact) mass is 458 g/mol. The van der Waals surface area contributed by atoms with Gasteiger partial charge in [-0.25, -0.2) is 0 Å². The zero-order valence-corrected chi connectivity index (χ0v) is 18.1. The fourth-order valence-electron chi connectivity index (χ4n) is 3.10. The summed E-state index contributed by atoms with van der Waals surface area (Å²) >= 11 is 0. The number of hydrogen-bond donors (Lipinski definition) is 1. The molecule has 10 nitrogen and oxygen atoms in total. The Morgan fingerprint density at radius 2 is 1.79 bits per heavy atom. The average molecular weight is 458 g/mol. The number of nitriles is 1. The molecule has 34 heavy (non-hydrogen) atoms. The summed E-state index contributed by atoms with van der Waals surface area (Å²) in [5.41, 5.74) is 1.75. The molecule has 3 aromatic rings. The molecule has 0 aliphatic heterocycles. The molecule has 0 heterocycles. The summed E-state index contributed by atoms with van der Waals surface area (Å²) in [6.45, 7) is 3.77. The molecule has 0 unspecified atom stereocenters. The minimum absolute atomic E-state index is 0.154. The number of nitro benzene ring substituents is 2. The average Bonchev–Trinajstić information content (AvgIpc) is 2.79. The van der Waals surface area contributed by atoms with Crippen molar-refractivity contribution in [2.75, 3.05) is 5.32 Å². The van der Waals surface area contributed by atoms with Gasteiger partial charge in [0.05, 0.1) is 15.9 Å². The summed E-state index contributed by atoms with van der Waals surface area (Å²) in [7, 11) is 0. The van der Waals surface area contributed by atoms with Crippen molar-refractivity contribution in [1.82, 2.24) is 0 Å². The highest BCUT2D eigenvalue weighted by Gasteiger charge is 2.21. The molecule has 0 aliphatic carbocycles. The lowest BCUT2D eigenvalue weighted by Crippen LogP contribution is -2.14. The minimum Gasteiger partial charge on any atom is -0.450 e. The number of nitrogens with zero attached hydrogens (tertiary/aromatic N) is 3. The van der Waals surface area contributed by atoms with Crippen LogP contribution in [-0.2, 0) is 4.79 Å². The van der Waals surface area contributed by atoms with E-state index in [1.54, 1.807) is 18.2 Å². The van der Waals surface area contributed by atoms with Crippen molar-refractivity contribution in [3.63, 3.8) is 0 Å². The predicted octanol–water partition coefficient (Wildman–Crippen LogP) is 5.46. The van der Waals surface area contributed by atoms with Crippen molar-refractivity contribution >= 4 is 29.0 Å². The number of nitrogens with one attached hydrogen (secondary N) is 1. The maximum Gasteiger partial charge on any atom is 0.318 e. The molecule has 10 heteroatoms. The molecule has 3 aromatic carbocycles. The van der Waals surface area contributed by atoms with Crippen LogP contribution in [0.2, 0.25) is 0 Å². The van der Waals surface area contributed by atoms with Gasteiger partial charge in [-0.1, -0.05) is 29.8 Å². The van der Waals surface area contributed by atoms with Crippen LogP contribution >= 0.6 is 0 Å². The van der Waals surface area contributed by atoms with Gasteiger partial charge in [0.15, 0.2) is 0 Å². The highest BCUT2D eigenvalue weighted by atomic mass is 16.6. The summed E-state index contributed by atoms with van der Waals surface area (Å²) in [6, 6.07) is 16.6. The number of nitro groups is 2. The number of aryl methyl sites for hydroxylation is 2. The summed E-state index contributed by atoms with van der Waals surface area (Å²) in [4.78, 5) is 33.3. The molecule has 0 spiro atoms. The number of rotatable bonds is 7. The summed E-state index contributed by atoms with van der Waals surface area (Å²) < 4.78 is 5.57. The summed E-state index contributed by atoms with van der Waals surface area (Å²) in [5, 5.41) is 34.4. The van der Waals surface area contributed by atoms with Gasteiger partial charge in [0, 0.05) is 11.8 Å². The number of carbonyl (C=O) groups is 1. The van der Waals surface area contributed by atoms with Crippen molar-refractivity contribution in [2.45, 2.75) is 13.8 Å². The molecule has 0 atom stereocenters. The quantitative estimate of drug-likeness (QED) is 0.214. The lowest BCUT2D eigenvalue weighted by Gasteiger charge is -2.09. The maximum atomic E-state index is 12.6. The van der Waals surface area contributed by atoms with Gasteiger partial charge in [0.25, 0.3) is 11.6 Å². The van der Waals surface area contributed by atoms with E-state index in [9.17, 15) is 30.3 Å². The molecule has 1 N–H and O–H groups in total. The molecule has 170 valence electrons. The first-order valence-electron chi connectivity index (χ1n) is 9.89. The van der Waals surface area contributed by atoms with Crippen molar-refractivity contribution < 1.29 is 19.4 Å². The minimum atomic E-state index is -0.780. The van der Waals surface area contributed by atoms with Crippen LogP contribution in [0.3, 0.4) is 0 Å². The molecule has 0 aliphatic rings. The Morgan fingerprint density at radius 3 is 2.44 bits per heavy atom. The highest BCUT2D eigenvalue weighted by Crippen LogP contribution is 2.34. The third-order valence-electron chi connectivity index (χ3n) is 4.74. The molecule has 1 amide bonds. The van der Waals surface area contributed by atoms with E-state index in [1.807, 2.05) is 32.0 Å². The van der Waals surface area contributed by atoms with E-state index in [4.69, 9.17) is 4.74 Å². The van der Waals surface area contributed by atoms with Gasteiger partial charge in [-0.05, 0) is 55.3 Å². The van der Waals surface area contributed by atoms with E-state index in [1.165, 1.54) is 18.2 Å². The zero-order valence-electron chi connectivity index (χ0n) is 18.1. The van der Waals surface area contributed by atoms with Crippen LogP contribution in [0.4, 0.5) is 17.1 Å². The number of hydrogen-bond acceptors (Lipinski definition) is 7. The van der Waals surface area contributed by atoms with Gasteiger partial charge in [-0.15, -0.1) is 0 Å². The topological polar surface area (TPSA) is 148 Å². The second-order valence-corrected chi connectivity index (χ2v) is 7.28. The molecule has 0 saturated carbocycles. The highest BCUT2D eigenvalue weighted by molar-refractivity contribution is 6.10. The Kier molecular flexibility index (Phi) is 6.98. The van der Waals surface area contributed by atoms with E-state index in [2.05, 4.69) is 5.32 Å². The number of carbonyl (C=O) groups excluding carboxylic acids is 1. The molecule has 0 aromatic heterocycles. The molecule has 3 rings (SSSR count). The summed E-state index contributed by atoms with van der Waals surface area (Å²) in [5.74, 6) is -0.602. The predicted molar refractivity (Wildman–Crippen MR) is 124 cm³/mol. The Bertz CT molecular complexity index is 1370. The number of ether oxygens (including phenoxy) is 1. The van der Waals surface area contributed by atoms with E-state index < -0.39 is 27.1 Å². The first kappa shape index (κ1) is 23.6. The smallest absolute Gasteiger partial charge is 0.318 e. The third kappa shape index (κ3) is 5.60. The first-order chi connectivity index (χ1) is 16.2. The van der Waals surface area contributed by atoms with Crippen molar-refractivity contribution in [1.29, 1.82) is 5.26 Å². The van der Waals surface area contributed by atoms with Crippen molar-refractivity contribution in [2.24, 2.45) is 0 Å². The second kappa shape index (κ2) is 10.1. The Morgan fingerprint density at radius 1 is 1.03 bits per heavy atom. The maximum absolute atomic E-state index is 12.6. The van der Waals surface area contributed by atoms with Crippen LogP contribution in [0.5, 0.6) is 11.5 Å². The van der Waals surface area contributed by atoms with Gasteiger partial charge in [-0.3, -0.25) is 25.0 Å². The number of non-ortho nitro benzene ring substituents is 1. The Hall–Kier alpha value is -5.04. The van der Waals surface area contributed by atoms with Crippen LogP contribution in [-0.4, -0.2) is 15.8 Å². The van der Waals surface area contributed by atoms with Crippen molar-refractivity contribution in [3.8, 4) is 17.6 Å². The largest absolute Gasteiger partial charge is 0.450 e. The number of anilines is 1. The molecule has 0 fully saturated rings. The van der Waals surface area contributed by atoms with Crippen LogP contribution in [0, 0.1) is 45.4 Å². The van der Waals surface area contributed by atoms with Gasteiger partial charge < -0.3 is 10.1 Å². The Labute approximate surface area is 194 Å². The van der Waals surface area contributed by atoms with Gasteiger partial charge >= 0.3 is 5.69 Å². The molecule has 0 saturated heterocycles. The fourth-order valence-corrected chi connectivity index (χ4v) is 3.10. The molecular weight excluding hydrogens is 440 g/mol. The normalized spacial score (nSPS) is 10.8. The van der Waals surface area contributed by atoms with E-state index in [-0.39, 0.29) is 17.1 Å². The van der Waals surface area contributed by atoms with Crippen LogP contribution in [0.25, 0.3) is 6.08 Å². The van der Waals surface area contributed by atoms with Crippen LogP contribution in [0.15, 0.2) is 66.2 Å². The summed E-state index contributed by atoms with van der Waals surface area (Å²) in [6.07, 6.45) is 1.36. The second-order valence-electron chi connectivity index (χ2n) is 7.28. The fraction of sp³-hybridized carbons (Fsp3) is 0.0833. The molecule has 0 bridgehead atoms. The standard InChI is InChI=1S/C24H18N4O6/c1-15-6-8-21(16(2)10-15)26-24(29)18(14-25)11-17-4-3-5-20(12-17)34-23-9-7-19(27(30)31)13-22(23)28(32)33/h3-13H,1-2H3,(H,26,29)/b18-11-. The Balaban J connectivity index is 1.85. The lowest BCUT2D eigenvalue weighted by molar-refractivity contribution is -0.394. The number of amides is 1. The SMILES string of the molecule is Cc1ccc(NC(=O)/C(C#N)=C\c2cccc(Oc3ccc([N+](=O)[O-])cc3[N+](=O)[O-])c2)c(C)c1. The first-order valence-corrected chi connectivity index (χ1v) is 9.89. The van der Waals surface area contributed by atoms with Gasteiger partial charge in [-0.2, -0.15) is 5.26 Å². The van der Waals surface area contributed by atoms with E-state index >= 15 is 0 Å². The number of benzene rings is 3. The van der Waals surface area contributed by atoms with Crippen LogP contribution < -0.4 is 10.1 Å². The van der Waals surface area contributed by atoms with Gasteiger partial charge in [0.2, 0.25) is 5.75 Å². The van der Waals surface area contributed by atoms with Gasteiger partial charge in [0.1, 0.15) is 17.4 Å². The van der Waals surface area contributed by atoms with Crippen LogP contribution in [0.1, 0.15) is 16.7 Å².